The lowest BCUT2D eigenvalue weighted by atomic mass is 10.1. The van der Waals surface area contributed by atoms with Crippen molar-refractivity contribution >= 4 is 17.5 Å². The van der Waals surface area contributed by atoms with Crippen LogP contribution in [0.3, 0.4) is 0 Å². The molecule has 144 valence electrons. The monoisotopic (exact) mass is 378 g/mol. The molecule has 7 nitrogen and oxygen atoms in total. The van der Waals surface area contributed by atoms with Gasteiger partial charge in [-0.15, -0.1) is 0 Å². The molecule has 3 aromatic rings. The number of hydrogen-bond donors (Lipinski definition) is 2. The number of aryl methyl sites for hydroxylation is 1. The van der Waals surface area contributed by atoms with Crippen LogP contribution in [0.15, 0.2) is 48.8 Å². The van der Waals surface area contributed by atoms with E-state index in [2.05, 4.69) is 15.6 Å². The molecule has 3 heterocycles. The molecule has 2 N–H and O–H groups in total. The molecule has 1 unspecified atom stereocenters. The first-order valence-electron chi connectivity index (χ1n) is 9.32. The van der Waals surface area contributed by atoms with Crippen molar-refractivity contribution in [2.75, 3.05) is 6.54 Å². The van der Waals surface area contributed by atoms with E-state index in [0.29, 0.717) is 37.3 Å². The number of aromatic nitrogens is 2. The fraction of sp³-hybridized carbons (Fsp3) is 0.286. The fourth-order valence-electron chi connectivity index (χ4n) is 3.26. The number of pyridine rings is 1. The van der Waals surface area contributed by atoms with Gasteiger partial charge in [-0.1, -0.05) is 6.07 Å². The second kappa shape index (κ2) is 7.72. The molecule has 1 atom stereocenters. The molecule has 2 amide bonds. The average molecular weight is 378 g/mol. The predicted molar refractivity (Wildman–Crippen MR) is 104 cm³/mol. The lowest BCUT2D eigenvalue weighted by molar-refractivity contribution is -0.122. The molecule has 2 aromatic heterocycles. The van der Waals surface area contributed by atoms with E-state index in [-0.39, 0.29) is 17.9 Å². The van der Waals surface area contributed by atoms with Gasteiger partial charge in [0.05, 0.1) is 5.69 Å². The highest BCUT2D eigenvalue weighted by molar-refractivity contribution is 5.94. The van der Waals surface area contributed by atoms with Crippen molar-refractivity contribution in [3.05, 3.63) is 65.6 Å². The molecular formula is C21H22N4O3. The van der Waals surface area contributed by atoms with Crippen LogP contribution in [0.4, 0.5) is 0 Å². The predicted octanol–water partition coefficient (Wildman–Crippen LogP) is 2.23. The van der Waals surface area contributed by atoms with Gasteiger partial charge in [0, 0.05) is 37.0 Å². The Bertz CT molecular complexity index is 1000. The van der Waals surface area contributed by atoms with Crippen LogP contribution in [0.25, 0.3) is 5.65 Å². The number of amides is 2. The van der Waals surface area contributed by atoms with Gasteiger partial charge in [-0.05, 0) is 49.2 Å². The van der Waals surface area contributed by atoms with Crippen molar-refractivity contribution < 1.29 is 14.3 Å². The summed E-state index contributed by atoms with van der Waals surface area (Å²) in [5.74, 6) is 0.562. The lowest BCUT2D eigenvalue weighted by Crippen LogP contribution is -2.47. The maximum atomic E-state index is 12.3. The molecule has 0 saturated carbocycles. The number of rotatable bonds is 5. The molecule has 0 radical (unpaired) electrons. The van der Waals surface area contributed by atoms with E-state index in [9.17, 15) is 9.59 Å². The first-order valence-corrected chi connectivity index (χ1v) is 9.32. The normalized spacial score (nSPS) is 16.6. The molecule has 28 heavy (non-hydrogen) atoms. The van der Waals surface area contributed by atoms with Crippen LogP contribution >= 0.6 is 0 Å². The second-order valence-corrected chi connectivity index (χ2v) is 6.98. The zero-order chi connectivity index (χ0) is 19.5. The van der Waals surface area contributed by atoms with Crippen LogP contribution in [0.5, 0.6) is 5.75 Å². The summed E-state index contributed by atoms with van der Waals surface area (Å²) in [6, 6.07) is 11.0. The van der Waals surface area contributed by atoms with Gasteiger partial charge in [0.2, 0.25) is 5.91 Å². The van der Waals surface area contributed by atoms with Crippen molar-refractivity contribution in [2.45, 2.75) is 32.4 Å². The molecule has 1 aliphatic heterocycles. The van der Waals surface area contributed by atoms with Crippen molar-refractivity contribution in [1.29, 1.82) is 0 Å². The zero-order valence-electron chi connectivity index (χ0n) is 15.6. The van der Waals surface area contributed by atoms with Gasteiger partial charge in [-0.2, -0.15) is 0 Å². The second-order valence-electron chi connectivity index (χ2n) is 6.98. The van der Waals surface area contributed by atoms with Gasteiger partial charge in [0.25, 0.3) is 5.91 Å². The van der Waals surface area contributed by atoms with E-state index >= 15 is 0 Å². The molecular weight excluding hydrogens is 356 g/mol. The SMILES string of the molecule is Cc1cccn2cc(COc3ccc(C(=O)NC4CCC(=O)NC4)cc3)nc12. The number of fused-ring (bicyclic) bond motifs is 1. The van der Waals surface area contributed by atoms with E-state index < -0.39 is 0 Å². The summed E-state index contributed by atoms with van der Waals surface area (Å²) < 4.78 is 7.78. The molecule has 1 fully saturated rings. The van der Waals surface area contributed by atoms with Crippen LogP contribution in [0.2, 0.25) is 0 Å². The molecule has 4 rings (SSSR count). The number of nitrogens with zero attached hydrogens (tertiary/aromatic N) is 2. The minimum atomic E-state index is -0.150. The lowest BCUT2D eigenvalue weighted by Gasteiger charge is -2.23. The standard InChI is InChI=1S/C21H22N4O3/c1-14-3-2-10-25-12-17(23-20(14)25)13-28-18-7-4-15(5-8-18)21(27)24-16-6-9-19(26)22-11-16/h2-5,7-8,10,12,16H,6,9,11,13H2,1H3,(H,22,26)(H,24,27). The summed E-state index contributed by atoms with van der Waals surface area (Å²) in [5.41, 5.74) is 3.44. The molecule has 0 spiro atoms. The number of carbonyl (C=O) groups is 2. The molecule has 1 aromatic carbocycles. The van der Waals surface area contributed by atoms with Crippen molar-refractivity contribution in [1.82, 2.24) is 20.0 Å². The Kier molecular flexibility index (Phi) is 4.97. The van der Waals surface area contributed by atoms with E-state index in [0.717, 1.165) is 16.9 Å². The Morgan fingerprint density at radius 1 is 1.32 bits per heavy atom. The van der Waals surface area contributed by atoms with Gasteiger partial charge in [0.1, 0.15) is 18.0 Å². The van der Waals surface area contributed by atoms with E-state index in [1.54, 1.807) is 24.3 Å². The number of piperidine rings is 1. The third-order valence-corrected chi connectivity index (χ3v) is 4.83. The summed E-state index contributed by atoms with van der Waals surface area (Å²) in [6.45, 7) is 2.86. The van der Waals surface area contributed by atoms with Gasteiger partial charge in [0.15, 0.2) is 0 Å². The minimum absolute atomic E-state index is 0.0281. The van der Waals surface area contributed by atoms with Crippen LogP contribution in [-0.2, 0) is 11.4 Å². The number of benzene rings is 1. The summed E-state index contributed by atoms with van der Waals surface area (Å²) >= 11 is 0. The third kappa shape index (κ3) is 3.98. The number of nitrogens with one attached hydrogen (secondary N) is 2. The van der Waals surface area contributed by atoms with E-state index in [4.69, 9.17) is 4.74 Å². The average Bonchev–Trinajstić information content (AvgIpc) is 3.13. The topological polar surface area (TPSA) is 84.7 Å². The van der Waals surface area contributed by atoms with Gasteiger partial charge >= 0.3 is 0 Å². The first-order chi connectivity index (χ1) is 13.6. The Balaban J connectivity index is 1.34. The van der Waals surface area contributed by atoms with Crippen molar-refractivity contribution in [2.24, 2.45) is 0 Å². The van der Waals surface area contributed by atoms with Crippen molar-refractivity contribution in [3.8, 4) is 5.75 Å². The number of hydrogen-bond acceptors (Lipinski definition) is 4. The number of imidazole rings is 1. The quantitative estimate of drug-likeness (QED) is 0.713. The number of carbonyl (C=O) groups excluding carboxylic acids is 2. The summed E-state index contributed by atoms with van der Waals surface area (Å²) in [6.07, 6.45) is 5.02. The smallest absolute Gasteiger partial charge is 0.251 e. The Hall–Kier alpha value is -3.35. The summed E-state index contributed by atoms with van der Waals surface area (Å²) in [5, 5.41) is 5.71. The maximum absolute atomic E-state index is 12.3. The van der Waals surface area contributed by atoms with Crippen molar-refractivity contribution in [3.63, 3.8) is 0 Å². The van der Waals surface area contributed by atoms with Crippen LogP contribution in [0.1, 0.15) is 34.5 Å². The fourth-order valence-corrected chi connectivity index (χ4v) is 3.26. The largest absolute Gasteiger partial charge is 0.487 e. The maximum Gasteiger partial charge on any atom is 0.251 e. The van der Waals surface area contributed by atoms with Gasteiger partial charge in [-0.25, -0.2) is 4.98 Å². The summed E-state index contributed by atoms with van der Waals surface area (Å²) in [4.78, 5) is 28.1. The van der Waals surface area contributed by atoms with E-state index in [1.165, 1.54) is 0 Å². The highest BCUT2D eigenvalue weighted by Gasteiger charge is 2.20. The molecule has 0 aliphatic carbocycles. The Morgan fingerprint density at radius 3 is 2.86 bits per heavy atom. The van der Waals surface area contributed by atoms with Crippen LogP contribution in [-0.4, -0.2) is 33.8 Å². The van der Waals surface area contributed by atoms with Crippen LogP contribution < -0.4 is 15.4 Å². The van der Waals surface area contributed by atoms with E-state index in [1.807, 2.05) is 35.9 Å². The minimum Gasteiger partial charge on any atom is -0.487 e. The summed E-state index contributed by atoms with van der Waals surface area (Å²) in [7, 11) is 0. The molecule has 1 aliphatic rings. The number of ether oxygens (including phenoxy) is 1. The Labute approximate surface area is 162 Å². The third-order valence-electron chi connectivity index (χ3n) is 4.83. The molecule has 1 saturated heterocycles. The Morgan fingerprint density at radius 2 is 2.14 bits per heavy atom. The molecule has 7 heteroatoms. The van der Waals surface area contributed by atoms with Gasteiger partial charge < -0.3 is 19.8 Å². The van der Waals surface area contributed by atoms with Crippen LogP contribution in [0, 0.1) is 6.92 Å². The highest BCUT2D eigenvalue weighted by atomic mass is 16.5. The first kappa shape index (κ1) is 18.0. The zero-order valence-corrected chi connectivity index (χ0v) is 15.6. The highest BCUT2D eigenvalue weighted by Crippen LogP contribution is 2.16. The molecule has 0 bridgehead atoms. The van der Waals surface area contributed by atoms with Gasteiger partial charge in [-0.3, -0.25) is 9.59 Å².